The summed E-state index contributed by atoms with van der Waals surface area (Å²) in [7, 11) is 0. The van der Waals surface area contributed by atoms with Crippen molar-refractivity contribution in [3.8, 4) is 0 Å². The average Bonchev–Trinajstić information content (AvgIpc) is 3.09. The highest BCUT2D eigenvalue weighted by molar-refractivity contribution is 7.10. The molecule has 0 saturated carbocycles. The second-order valence-electron chi connectivity index (χ2n) is 5.95. The summed E-state index contributed by atoms with van der Waals surface area (Å²) in [6, 6.07) is 5.76. The van der Waals surface area contributed by atoms with Gasteiger partial charge in [0.05, 0.1) is 6.04 Å². The fraction of sp³-hybridized carbons (Fsp3) is 0.471. The van der Waals surface area contributed by atoms with Gasteiger partial charge in [0.2, 0.25) is 5.95 Å². The Balaban J connectivity index is 1.76. The first-order valence-corrected chi connectivity index (χ1v) is 8.96. The minimum Gasteiger partial charge on any atom is -0.343 e. The predicted molar refractivity (Wildman–Crippen MR) is 93.0 cm³/mol. The van der Waals surface area contributed by atoms with Crippen LogP contribution in [0.1, 0.15) is 53.3 Å². The molecule has 1 aliphatic rings. The van der Waals surface area contributed by atoms with Gasteiger partial charge in [-0.05, 0) is 50.6 Å². The van der Waals surface area contributed by atoms with Crippen molar-refractivity contribution in [3.05, 3.63) is 39.8 Å². The maximum Gasteiger partial charge on any atom is 0.270 e. The van der Waals surface area contributed by atoms with Crippen LogP contribution >= 0.6 is 11.3 Å². The molecule has 2 aromatic rings. The van der Waals surface area contributed by atoms with Crippen molar-refractivity contribution in [3.63, 3.8) is 0 Å². The second kappa shape index (κ2) is 7.08. The SMILES string of the molecule is Cc1cc(C(=O)NC(C)c2cccs2)nc(N2CCCCC2)n1. The van der Waals surface area contributed by atoms with Gasteiger partial charge in [0, 0.05) is 23.7 Å². The normalized spacial score (nSPS) is 16.2. The van der Waals surface area contributed by atoms with Crippen molar-refractivity contribution < 1.29 is 4.79 Å². The number of carbonyl (C=O) groups is 1. The molecule has 3 rings (SSSR count). The summed E-state index contributed by atoms with van der Waals surface area (Å²) in [5.41, 5.74) is 1.27. The predicted octanol–water partition coefficient (Wildman–Crippen LogP) is 3.33. The molecule has 1 N–H and O–H groups in total. The second-order valence-corrected chi connectivity index (χ2v) is 6.93. The van der Waals surface area contributed by atoms with E-state index in [1.165, 1.54) is 6.42 Å². The highest BCUT2D eigenvalue weighted by Gasteiger charge is 2.18. The Kier molecular flexibility index (Phi) is 4.91. The van der Waals surface area contributed by atoms with E-state index < -0.39 is 0 Å². The number of rotatable bonds is 4. The van der Waals surface area contributed by atoms with Crippen LogP contribution in [0.4, 0.5) is 5.95 Å². The van der Waals surface area contributed by atoms with E-state index in [1.807, 2.05) is 31.4 Å². The Morgan fingerprint density at radius 3 is 2.78 bits per heavy atom. The Morgan fingerprint density at radius 1 is 1.30 bits per heavy atom. The van der Waals surface area contributed by atoms with Gasteiger partial charge in [-0.1, -0.05) is 6.07 Å². The Hall–Kier alpha value is -1.95. The molecule has 1 unspecified atom stereocenters. The number of nitrogens with one attached hydrogen (secondary N) is 1. The monoisotopic (exact) mass is 330 g/mol. The smallest absolute Gasteiger partial charge is 0.270 e. The number of hydrogen-bond donors (Lipinski definition) is 1. The third-order valence-electron chi connectivity index (χ3n) is 4.03. The molecule has 0 bridgehead atoms. The maximum atomic E-state index is 12.5. The Labute approximate surface area is 140 Å². The molecule has 3 heterocycles. The molecule has 1 aliphatic heterocycles. The molecule has 2 aromatic heterocycles. The standard InChI is InChI=1S/C17H22N4OS/c1-12-11-14(16(22)19-13(2)15-7-6-10-23-15)20-17(18-12)21-8-4-3-5-9-21/h6-7,10-11,13H,3-5,8-9H2,1-2H3,(H,19,22). The van der Waals surface area contributed by atoms with E-state index in [2.05, 4.69) is 20.2 Å². The quantitative estimate of drug-likeness (QED) is 0.934. The lowest BCUT2D eigenvalue weighted by molar-refractivity contribution is 0.0935. The van der Waals surface area contributed by atoms with Crippen molar-refractivity contribution >= 4 is 23.2 Å². The first-order valence-electron chi connectivity index (χ1n) is 8.08. The summed E-state index contributed by atoms with van der Waals surface area (Å²) in [6.07, 6.45) is 3.58. The van der Waals surface area contributed by atoms with Crippen LogP contribution in [-0.4, -0.2) is 29.0 Å². The van der Waals surface area contributed by atoms with Gasteiger partial charge < -0.3 is 10.2 Å². The van der Waals surface area contributed by atoms with Crippen LogP contribution in [0.25, 0.3) is 0 Å². The number of aromatic nitrogens is 2. The van der Waals surface area contributed by atoms with Crippen LogP contribution in [-0.2, 0) is 0 Å². The topological polar surface area (TPSA) is 58.1 Å². The maximum absolute atomic E-state index is 12.5. The summed E-state index contributed by atoms with van der Waals surface area (Å²) in [5.74, 6) is 0.535. The van der Waals surface area contributed by atoms with Gasteiger partial charge in [0.1, 0.15) is 5.69 Å². The molecule has 1 saturated heterocycles. The molecule has 6 heteroatoms. The molecule has 122 valence electrons. The molecule has 1 amide bonds. The van der Waals surface area contributed by atoms with Gasteiger partial charge in [-0.3, -0.25) is 4.79 Å². The average molecular weight is 330 g/mol. The van der Waals surface area contributed by atoms with Crippen molar-refractivity contribution in [2.45, 2.75) is 39.2 Å². The van der Waals surface area contributed by atoms with Crippen LogP contribution in [0.3, 0.4) is 0 Å². The molecule has 1 atom stereocenters. The van der Waals surface area contributed by atoms with Gasteiger partial charge in [-0.2, -0.15) is 0 Å². The summed E-state index contributed by atoms with van der Waals surface area (Å²) < 4.78 is 0. The summed E-state index contributed by atoms with van der Waals surface area (Å²) in [6.45, 7) is 5.84. The number of hydrogen-bond acceptors (Lipinski definition) is 5. The number of nitrogens with zero attached hydrogens (tertiary/aromatic N) is 3. The van der Waals surface area contributed by atoms with Crippen LogP contribution in [0, 0.1) is 6.92 Å². The summed E-state index contributed by atoms with van der Waals surface area (Å²) >= 11 is 1.64. The summed E-state index contributed by atoms with van der Waals surface area (Å²) in [5, 5.41) is 5.03. The van der Waals surface area contributed by atoms with Crippen molar-refractivity contribution in [1.82, 2.24) is 15.3 Å². The highest BCUT2D eigenvalue weighted by atomic mass is 32.1. The minimum atomic E-state index is -0.144. The number of carbonyl (C=O) groups excluding carboxylic acids is 1. The molecule has 0 aliphatic carbocycles. The largest absolute Gasteiger partial charge is 0.343 e. The van der Waals surface area contributed by atoms with Crippen LogP contribution in [0.5, 0.6) is 0 Å². The lowest BCUT2D eigenvalue weighted by Gasteiger charge is -2.27. The first kappa shape index (κ1) is 15.9. The molecule has 5 nitrogen and oxygen atoms in total. The van der Waals surface area contributed by atoms with E-state index in [1.54, 1.807) is 17.4 Å². The van der Waals surface area contributed by atoms with E-state index in [0.29, 0.717) is 11.6 Å². The Morgan fingerprint density at radius 2 is 2.09 bits per heavy atom. The molecule has 0 radical (unpaired) electrons. The van der Waals surface area contributed by atoms with Gasteiger partial charge in [-0.15, -0.1) is 11.3 Å². The van der Waals surface area contributed by atoms with E-state index in [-0.39, 0.29) is 11.9 Å². The Bertz CT molecular complexity index is 665. The third kappa shape index (κ3) is 3.88. The third-order valence-corrected chi connectivity index (χ3v) is 5.09. The lowest BCUT2D eigenvalue weighted by atomic mass is 10.1. The van der Waals surface area contributed by atoms with Crippen molar-refractivity contribution in [2.75, 3.05) is 18.0 Å². The first-order chi connectivity index (χ1) is 11.1. The van der Waals surface area contributed by atoms with Crippen molar-refractivity contribution in [1.29, 1.82) is 0 Å². The number of aryl methyl sites for hydroxylation is 1. The van der Waals surface area contributed by atoms with E-state index in [4.69, 9.17) is 0 Å². The zero-order chi connectivity index (χ0) is 16.2. The summed E-state index contributed by atoms with van der Waals surface area (Å²) in [4.78, 5) is 24.8. The van der Waals surface area contributed by atoms with Crippen LogP contribution in [0.2, 0.25) is 0 Å². The molecule has 0 aromatic carbocycles. The molecular formula is C17H22N4OS. The van der Waals surface area contributed by atoms with Crippen LogP contribution in [0.15, 0.2) is 23.6 Å². The van der Waals surface area contributed by atoms with Crippen molar-refractivity contribution in [2.24, 2.45) is 0 Å². The molecule has 23 heavy (non-hydrogen) atoms. The van der Waals surface area contributed by atoms with Gasteiger partial charge in [-0.25, -0.2) is 9.97 Å². The number of anilines is 1. The van der Waals surface area contributed by atoms with Crippen LogP contribution < -0.4 is 10.2 Å². The number of amides is 1. The molecule has 1 fully saturated rings. The minimum absolute atomic E-state index is 0.0174. The number of thiophene rings is 1. The van der Waals surface area contributed by atoms with Gasteiger partial charge in [0.15, 0.2) is 0 Å². The van der Waals surface area contributed by atoms with E-state index in [9.17, 15) is 4.79 Å². The van der Waals surface area contributed by atoms with Gasteiger partial charge in [0.25, 0.3) is 5.91 Å². The zero-order valence-electron chi connectivity index (χ0n) is 13.6. The molecule has 0 spiro atoms. The number of piperidine rings is 1. The zero-order valence-corrected chi connectivity index (χ0v) is 14.4. The fourth-order valence-corrected chi connectivity index (χ4v) is 3.52. The highest BCUT2D eigenvalue weighted by Crippen LogP contribution is 2.20. The van der Waals surface area contributed by atoms with Gasteiger partial charge >= 0.3 is 0 Å². The molecular weight excluding hydrogens is 308 g/mol. The van der Waals surface area contributed by atoms with E-state index >= 15 is 0 Å². The fourth-order valence-electron chi connectivity index (χ4n) is 2.78. The van der Waals surface area contributed by atoms with E-state index in [0.717, 1.165) is 36.5 Å². The lowest BCUT2D eigenvalue weighted by Crippen LogP contribution is -2.33.